The fourth-order valence-electron chi connectivity index (χ4n) is 3.30. The maximum absolute atomic E-state index is 14.3. The normalized spacial score (nSPS) is 11.4. The summed E-state index contributed by atoms with van der Waals surface area (Å²) in [5.41, 5.74) is 2.54. The predicted molar refractivity (Wildman–Crippen MR) is 125 cm³/mol. The predicted octanol–water partition coefficient (Wildman–Crippen LogP) is 5.30. The van der Waals surface area contributed by atoms with Gasteiger partial charge in [-0.1, -0.05) is 36.4 Å². The van der Waals surface area contributed by atoms with Gasteiger partial charge in [-0.25, -0.2) is 9.78 Å². The van der Waals surface area contributed by atoms with Crippen molar-refractivity contribution in [1.29, 1.82) is 0 Å². The summed E-state index contributed by atoms with van der Waals surface area (Å²) in [6.45, 7) is 5.97. The third kappa shape index (κ3) is 5.82. The summed E-state index contributed by atoms with van der Waals surface area (Å²) in [5, 5.41) is 5.76. The molecule has 4 rings (SSSR count). The molecule has 0 saturated heterocycles. The van der Waals surface area contributed by atoms with Crippen LogP contribution in [0.3, 0.4) is 0 Å². The lowest BCUT2D eigenvalue weighted by atomic mass is 10.1. The number of carbonyl (C=O) groups is 1. The van der Waals surface area contributed by atoms with Crippen molar-refractivity contribution in [1.82, 2.24) is 19.5 Å². The van der Waals surface area contributed by atoms with Crippen molar-refractivity contribution in [3.05, 3.63) is 72.6 Å². The summed E-state index contributed by atoms with van der Waals surface area (Å²) in [5.74, 6) is 0.241. The molecule has 0 aliphatic carbocycles. The van der Waals surface area contributed by atoms with E-state index >= 15 is 0 Å². The number of fused-ring (bicyclic) bond motifs is 1. The first-order valence-corrected chi connectivity index (χ1v) is 10.6. The summed E-state index contributed by atoms with van der Waals surface area (Å²) >= 11 is 0. The molecule has 0 bridgehead atoms. The molecule has 33 heavy (non-hydrogen) atoms. The number of benzene rings is 2. The Morgan fingerprint density at radius 2 is 1.82 bits per heavy atom. The minimum atomic E-state index is -0.852. The van der Waals surface area contributed by atoms with E-state index < -0.39 is 17.8 Å². The van der Waals surface area contributed by atoms with E-state index in [4.69, 9.17) is 4.74 Å². The van der Waals surface area contributed by atoms with Gasteiger partial charge in [-0.2, -0.15) is 14.4 Å². The van der Waals surface area contributed by atoms with Crippen LogP contribution in [0, 0.1) is 6.08 Å². The monoisotopic (exact) mass is 448 g/mol. The molecule has 2 N–H and O–H groups in total. The van der Waals surface area contributed by atoms with Crippen molar-refractivity contribution in [2.45, 2.75) is 39.3 Å². The van der Waals surface area contributed by atoms with Crippen molar-refractivity contribution in [2.24, 2.45) is 0 Å². The smallest absolute Gasteiger partial charge is 0.412 e. The number of anilines is 3. The molecule has 0 fully saturated rings. The molecular formula is C24H25FN6O2. The van der Waals surface area contributed by atoms with E-state index in [2.05, 4.69) is 25.6 Å². The average Bonchev–Trinajstić information content (AvgIpc) is 3.15. The lowest BCUT2D eigenvalue weighted by Crippen LogP contribution is -2.27. The summed E-state index contributed by atoms with van der Waals surface area (Å²) in [6, 6.07) is 17.0. The molecule has 8 nitrogen and oxygen atoms in total. The standard InChI is InChI=1S/C24H25FN6O2/c1-24(2,3)33-23(32)28-18-11-7-10-17(14-18)27-20-19-21(30-22(25)29-20)31(15-26-19)13-12-16-8-5-4-6-9-16/h4-11,14-15H,12-13H2,1-3H3,(H,28,32)(H,27,29,30). The average molecular weight is 449 g/mol. The summed E-state index contributed by atoms with van der Waals surface area (Å²) < 4.78 is 21.3. The van der Waals surface area contributed by atoms with Crippen LogP contribution in [0.4, 0.5) is 26.4 Å². The third-order valence-corrected chi connectivity index (χ3v) is 4.69. The molecule has 170 valence electrons. The van der Waals surface area contributed by atoms with Gasteiger partial charge in [0.25, 0.3) is 0 Å². The van der Waals surface area contributed by atoms with E-state index in [1.165, 1.54) is 5.56 Å². The molecule has 0 spiro atoms. The molecule has 2 aromatic carbocycles. The van der Waals surface area contributed by atoms with E-state index in [1.807, 2.05) is 30.3 Å². The molecule has 9 heteroatoms. The Balaban J connectivity index is 1.53. The number of imidazole rings is 1. The van der Waals surface area contributed by atoms with Gasteiger partial charge in [-0.05, 0) is 51.0 Å². The number of nitrogens with one attached hydrogen (secondary N) is 2. The lowest BCUT2D eigenvalue weighted by molar-refractivity contribution is 0.0636. The molecule has 0 atom stereocenters. The molecule has 0 unspecified atom stereocenters. The van der Waals surface area contributed by atoms with Crippen molar-refractivity contribution >= 4 is 34.4 Å². The number of hydrogen-bond donors (Lipinski definition) is 2. The van der Waals surface area contributed by atoms with Crippen LogP contribution in [0.25, 0.3) is 11.2 Å². The Morgan fingerprint density at radius 1 is 1.06 bits per heavy atom. The first-order valence-electron chi connectivity index (χ1n) is 10.6. The van der Waals surface area contributed by atoms with Crippen LogP contribution in [0.5, 0.6) is 0 Å². The topological polar surface area (TPSA) is 94.0 Å². The Labute approximate surface area is 190 Å². The highest BCUT2D eigenvalue weighted by atomic mass is 19.1. The van der Waals surface area contributed by atoms with Gasteiger partial charge in [0.1, 0.15) is 5.60 Å². The van der Waals surface area contributed by atoms with Gasteiger partial charge < -0.3 is 14.6 Å². The van der Waals surface area contributed by atoms with Crippen LogP contribution in [0.1, 0.15) is 26.3 Å². The van der Waals surface area contributed by atoms with E-state index in [1.54, 1.807) is 55.9 Å². The number of amides is 1. The summed E-state index contributed by atoms with van der Waals surface area (Å²) in [6.07, 6.45) is 0.980. The zero-order valence-corrected chi connectivity index (χ0v) is 18.7. The minimum Gasteiger partial charge on any atom is -0.444 e. The Morgan fingerprint density at radius 3 is 2.58 bits per heavy atom. The highest BCUT2D eigenvalue weighted by Gasteiger charge is 2.17. The Kier molecular flexibility index (Phi) is 6.21. The van der Waals surface area contributed by atoms with Gasteiger partial charge in [0.15, 0.2) is 17.0 Å². The molecule has 1 amide bonds. The SMILES string of the molecule is CC(C)(C)OC(=O)Nc1cccc(Nc2nc(F)nc3c2ncn3CCc2ccccc2)c1. The molecule has 0 aliphatic heterocycles. The molecule has 2 heterocycles. The summed E-state index contributed by atoms with van der Waals surface area (Å²) in [7, 11) is 0. The van der Waals surface area contributed by atoms with E-state index in [9.17, 15) is 9.18 Å². The lowest BCUT2D eigenvalue weighted by Gasteiger charge is -2.19. The number of aromatic nitrogens is 4. The quantitative estimate of drug-likeness (QED) is 0.389. The second-order valence-electron chi connectivity index (χ2n) is 8.52. The third-order valence-electron chi connectivity index (χ3n) is 4.69. The van der Waals surface area contributed by atoms with Crippen LogP contribution < -0.4 is 10.6 Å². The van der Waals surface area contributed by atoms with Crippen molar-refractivity contribution in [2.75, 3.05) is 10.6 Å². The number of rotatable bonds is 6. The fourth-order valence-corrected chi connectivity index (χ4v) is 3.30. The number of carbonyl (C=O) groups excluding carboxylic acids is 1. The zero-order chi connectivity index (χ0) is 23.4. The minimum absolute atomic E-state index is 0.241. The van der Waals surface area contributed by atoms with Gasteiger partial charge >= 0.3 is 12.2 Å². The highest BCUT2D eigenvalue weighted by molar-refractivity contribution is 5.88. The van der Waals surface area contributed by atoms with Gasteiger partial charge in [0, 0.05) is 17.9 Å². The van der Waals surface area contributed by atoms with Gasteiger partial charge in [-0.15, -0.1) is 0 Å². The van der Waals surface area contributed by atoms with Gasteiger partial charge in [0.05, 0.1) is 6.33 Å². The highest BCUT2D eigenvalue weighted by Crippen LogP contribution is 2.25. The molecule has 2 aromatic heterocycles. The van der Waals surface area contributed by atoms with Crippen molar-refractivity contribution in [3.63, 3.8) is 0 Å². The molecule has 0 radical (unpaired) electrons. The van der Waals surface area contributed by atoms with Crippen molar-refractivity contribution < 1.29 is 13.9 Å². The number of aryl methyl sites for hydroxylation is 2. The summed E-state index contributed by atoms with van der Waals surface area (Å²) in [4.78, 5) is 24.3. The van der Waals surface area contributed by atoms with Crippen LogP contribution in [-0.4, -0.2) is 31.2 Å². The molecule has 4 aromatic rings. The van der Waals surface area contributed by atoms with Crippen LogP contribution >= 0.6 is 0 Å². The first kappa shape index (κ1) is 22.2. The van der Waals surface area contributed by atoms with Gasteiger partial charge in [0.2, 0.25) is 0 Å². The Bertz CT molecular complexity index is 1270. The number of hydrogen-bond acceptors (Lipinski definition) is 6. The maximum Gasteiger partial charge on any atom is 0.412 e. The van der Waals surface area contributed by atoms with Crippen LogP contribution in [-0.2, 0) is 17.7 Å². The van der Waals surface area contributed by atoms with Crippen molar-refractivity contribution in [3.8, 4) is 0 Å². The largest absolute Gasteiger partial charge is 0.444 e. The Hall–Kier alpha value is -4.01. The molecule has 0 saturated carbocycles. The number of nitrogens with zero attached hydrogens (tertiary/aromatic N) is 4. The second-order valence-corrected chi connectivity index (χ2v) is 8.52. The van der Waals surface area contributed by atoms with Gasteiger partial charge in [-0.3, -0.25) is 5.32 Å². The second kappa shape index (κ2) is 9.23. The number of ether oxygens (including phenoxy) is 1. The molecule has 0 aliphatic rings. The van der Waals surface area contributed by atoms with E-state index in [0.717, 1.165) is 6.42 Å². The van der Waals surface area contributed by atoms with Crippen LogP contribution in [0.2, 0.25) is 0 Å². The molecular weight excluding hydrogens is 423 g/mol. The first-order chi connectivity index (χ1) is 15.8. The van der Waals surface area contributed by atoms with Crippen LogP contribution in [0.15, 0.2) is 60.9 Å². The maximum atomic E-state index is 14.3. The van der Waals surface area contributed by atoms with E-state index in [0.29, 0.717) is 29.1 Å². The fraction of sp³-hybridized carbons (Fsp3) is 0.250. The zero-order valence-electron chi connectivity index (χ0n) is 18.7. The van der Waals surface area contributed by atoms with E-state index in [-0.39, 0.29) is 5.82 Å². The number of halogens is 1.